The fourth-order valence-corrected chi connectivity index (χ4v) is 4.18. The molecule has 30 heavy (non-hydrogen) atoms. The summed E-state index contributed by atoms with van der Waals surface area (Å²) in [5, 5.41) is 6.20. The van der Waals surface area contributed by atoms with Gasteiger partial charge in [0.15, 0.2) is 27.3 Å². The van der Waals surface area contributed by atoms with Crippen molar-refractivity contribution >= 4 is 39.8 Å². The van der Waals surface area contributed by atoms with Gasteiger partial charge >= 0.3 is 6.61 Å². The lowest BCUT2D eigenvalue weighted by Crippen LogP contribution is -2.45. The fourth-order valence-electron chi connectivity index (χ4n) is 2.90. The van der Waals surface area contributed by atoms with Gasteiger partial charge in [-0.1, -0.05) is 12.1 Å². The van der Waals surface area contributed by atoms with Gasteiger partial charge in [0.1, 0.15) is 0 Å². The molecule has 1 heterocycles. The van der Waals surface area contributed by atoms with E-state index in [0.717, 1.165) is 0 Å². The van der Waals surface area contributed by atoms with Crippen LogP contribution in [0, 0.1) is 0 Å². The molecular formula is C18H29F2IN4O4S. The number of hydrogen-bond donors (Lipinski definition) is 2. The van der Waals surface area contributed by atoms with E-state index in [4.69, 9.17) is 4.74 Å². The van der Waals surface area contributed by atoms with E-state index in [9.17, 15) is 17.2 Å². The SMILES string of the molecule is CCOc1cccc(CNC(=NC)NCCN2CCS(=O)(=O)CC2)c1OC(F)F.I. The fraction of sp³-hybridized carbons (Fsp3) is 0.611. The summed E-state index contributed by atoms with van der Waals surface area (Å²) in [5.41, 5.74) is 0.514. The molecule has 8 nitrogen and oxygen atoms in total. The van der Waals surface area contributed by atoms with Crippen LogP contribution in [0.2, 0.25) is 0 Å². The lowest BCUT2D eigenvalue weighted by Gasteiger charge is -2.26. The van der Waals surface area contributed by atoms with Gasteiger partial charge in [-0.15, -0.1) is 24.0 Å². The molecule has 0 unspecified atom stereocenters. The lowest BCUT2D eigenvalue weighted by molar-refractivity contribution is -0.0520. The molecule has 0 atom stereocenters. The van der Waals surface area contributed by atoms with Gasteiger partial charge in [0.05, 0.1) is 18.1 Å². The molecule has 1 aliphatic heterocycles. The van der Waals surface area contributed by atoms with Crippen molar-refractivity contribution in [1.82, 2.24) is 15.5 Å². The number of sulfone groups is 1. The summed E-state index contributed by atoms with van der Waals surface area (Å²) < 4.78 is 58.6. The number of para-hydroxylation sites is 1. The molecule has 0 aromatic heterocycles. The maximum atomic E-state index is 12.8. The highest BCUT2D eigenvalue weighted by atomic mass is 127. The molecule has 1 aromatic rings. The number of nitrogens with zero attached hydrogens (tertiary/aromatic N) is 2. The van der Waals surface area contributed by atoms with E-state index in [1.54, 1.807) is 32.2 Å². The maximum Gasteiger partial charge on any atom is 0.387 e. The summed E-state index contributed by atoms with van der Waals surface area (Å²) in [6.07, 6.45) is 0. The highest BCUT2D eigenvalue weighted by Gasteiger charge is 2.21. The molecule has 2 rings (SSSR count). The predicted molar refractivity (Wildman–Crippen MR) is 123 cm³/mol. The Labute approximate surface area is 193 Å². The number of alkyl halides is 2. The number of hydrogen-bond acceptors (Lipinski definition) is 6. The molecule has 1 fully saturated rings. The van der Waals surface area contributed by atoms with Crippen LogP contribution in [-0.4, -0.2) is 77.2 Å². The van der Waals surface area contributed by atoms with E-state index in [0.29, 0.717) is 44.3 Å². The average Bonchev–Trinajstić information content (AvgIpc) is 2.67. The number of aliphatic imine (C=N–C) groups is 1. The van der Waals surface area contributed by atoms with Crippen molar-refractivity contribution in [3.05, 3.63) is 23.8 Å². The summed E-state index contributed by atoms with van der Waals surface area (Å²) in [7, 11) is -1.29. The van der Waals surface area contributed by atoms with Crippen LogP contribution < -0.4 is 20.1 Å². The molecule has 0 saturated carbocycles. The first-order valence-corrected chi connectivity index (χ1v) is 11.2. The van der Waals surface area contributed by atoms with Crippen LogP contribution in [-0.2, 0) is 16.4 Å². The first kappa shape index (κ1) is 26.6. The first-order valence-electron chi connectivity index (χ1n) is 9.41. The Bertz CT molecular complexity index is 782. The van der Waals surface area contributed by atoms with Crippen molar-refractivity contribution < 1.29 is 26.7 Å². The standard InChI is InChI=1S/C18H28F2N4O4S.HI/c1-3-27-15-6-4-5-14(16(15)28-17(19)20)13-23-18(21-2)22-7-8-24-9-11-29(25,26)12-10-24;/h4-6,17H,3,7-13H2,1-2H3,(H2,21,22,23);1H. The first-order chi connectivity index (χ1) is 13.8. The van der Waals surface area contributed by atoms with Crippen molar-refractivity contribution in [2.75, 3.05) is 51.3 Å². The van der Waals surface area contributed by atoms with Gasteiger partial charge in [0, 0.05) is 45.3 Å². The summed E-state index contributed by atoms with van der Waals surface area (Å²) in [4.78, 5) is 6.19. The van der Waals surface area contributed by atoms with Crippen LogP contribution in [0.15, 0.2) is 23.2 Å². The minimum atomic E-state index is -2.96. The summed E-state index contributed by atoms with van der Waals surface area (Å²) in [6, 6.07) is 4.96. The van der Waals surface area contributed by atoms with Gasteiger partial charge in [-0.2, -0.15) is 8.78 Å². The third-order valence-electron chi connectivity index (χ3n) is 4.39. The zero-order valence-corrected chi connectivity index (χ0v) is 20.2. The van der Waals surface area contributed by atoms with E-state index in [2.05, 4.69) is 25.3 Å². The number of benzene rings is 1. The van der Waals surface area contributed by atoms with Gasteiger partial charge in [-0.3, -0.25) is 9.89 Å². The van der Waals surface area contributed by atoms with E-state index in [1.807, 2.05) is 0 Å². The van der Waals surface area contributed by atoms with E-state index in [-0.39, 0.29) is 53.5 Å². The summed E-state index contributed by atoms with van der Waals surface area (Å²) >= 11 is 0. The Kier molecular flexibility index (Phi) is 11.6. The average molecular weight is 562 g/mol. The van der Waals surface area contributed by atoms with E-state index in [1.165, 1.54) is 0 Å². The Hall–Kier alpha value is -1.41. The molecule has 0 spiro atoms. The molecule has 1 aromatic carbocycles. The number of rotatable bonds is 9. The molecule has 2 N–H and O–H groups in total. The van der Waals surface area contributed by atoms with Crippen LogP contribution in [0.5, 0.6) is 11.5 Å². The zero-order valence-electron chi connectivity index (χ0n) is 17.1. The van der Waals surface area contributed by atoms with E-state index >= 15 is 0 Å². The van der Waals surface area contributed by atoms with Gasteiger partial charge in [-0.25, -0.2) is 8.42 Å². The zero-order chi connectivity index (χ0) is 21.3. The number of nitrogens with one attached hydrogen (secondary N) is 2. The Morgan fingerprint density at radius 1 is 1.27 bits per heavy atom. The molecule has 0 amide bonds. The second kappa shape index (κ2) is 13.1. The van der Waals surface area contributed by atoms with Crippen LogP contribution in [0.3, 0.4) is 0 Å². The minimum Gasteiger partial charge on any atom is -0.490 e. The Morgan fingerprint density at radius 2 is 1.97 bits per heavy atom. The second-order valence-corrected chi connectivity index (χ2v) is 8.71. The Morgan fingerprint density at radius 3 is 2.57 bits per heavy atom. The van der Waals surface area contributed by atoms with Crippen LogP contribution in [0.25, 0.3) is 0 Å². The normalized spacial score (nSPS) is 16.6. The van der Waals surface area contributed by atoms with Gasteiger partial charge in [0.2, 0.25) is 0 Å². The second-order valence-electron chi connectivity index (χ2n) is 6.40. The molecule has 0 bridgehead atoms. The monoisotopic (exact) mass is 562 g/mol. The highest BCUT2D eigenvalue weighted by molar-refractivity contribution is 14.0. The molecule has 0 aliphatic carbocycles. The topological polar surface area (TPSA) is 92.3 Å². The molecule has 1 aliphatic rings. The number of guanidine groups is 1. The lowest BCUT2D eigenvalue weighted by atomic mass is 10.2. The maximum absolute atomic E-state index is 12.8. The molecular weight excluding hydrogens is 533 g/mol. The summed E-state index contributed by atoms with van der Waals surface area (Å²) in [6.45, 7) is 1.64. The van der Waals surface area contributed by atoms with Crippen molar-refractivity contribution in [3.8, 4) is 11.5 Å². The highest BCUT2D eigenvalue weighted by Crippen LogP contribution is 2.32. The van der Waals surface area contributed by atoms with Crippen LogP contribution in [0.1, 0.15) is 12.5 Å². The largest absolute Gasteiger partial charge is 0.490 e. The van der Waals surface area contributed by atoms with Crippen molar-refractivity contribution in [1.29, 1.82) is 0 Å². The van der Waals surface area contributed by atoms with Gasteiger partial charge in [-0.05, 0) is 13.0 Å². The van der Waals surface area contributed by atoms with Gasteiger partial charge < -0.3 is 20.1 Å². The van der Waals surface area contributed by atoms with Crippen LogP contribution >= 0.6 is 24.0 Å². The minimum absolute atomic E-state index is 0. The van der Waals surface area contributed by atoms with Crippen LogP contribution in [0.4, 0.5) is 8.78 Å². The number of ether oxygens (including phenoxy) is 2. The summed E-state index contributed by atoms with van der Waals surface area (Å²) in [5.74, 6) is 1.13. The smallest absolute Gasteiger partial charge is 0.387 e. The molecule has 0 radical (unpaired) electrons. The van der Waals surface area contributed by atoms with Crippen molar-refractivity contribution in [3.63, 3.8) is 0 Å². The molecule has 12 heteroatoms. The quantitative estimate of drug-likeness (QED) is 0.269. The van der Waals surface area contributed by atoms with Gasteiger partial charge in [0.25, 0.3) is 0 Å². The number of halogens is 3. The molecule has 1 saturated heterocycles. The van der Waals surface area contributed by atoms with E-state index < -0.39 is 16.4 Å². The third kappa shape index (κ3) is 8.76. The van der Waals surface area contributed by atoms with Crippen molar-refractivity contribution in [2.24, 2.45) is 4.99 Å². The predicted octanol–water partition coefficient (Wildman–Crippen LogP) is 1.70. The molecule has 172 valence electrons. The van der Waals surface area contributed by atoms with Crippen molar-refractivity contribution in [2.45, 2.75) is 20.1 Å². The Balaban J connectivity index is 0.00000450. The third-order valence-corrected chi connectivity index (χ3v) is 6.00.